The Morgan fingerprint density at radius 2 is 1.91 bits per heavy atom. The van der Waals surface area contributed by atoms with Gasteiger partial charge in [-0.3, -0.25) is 9.59 Å². The third kappa shape index (κ3) is 6.03. The molecule has 0 aliphatic heterocycles. The predicted octanol–water partition coefficient (Wildman–Crippen LogP) is 2.54. The summed E-state index contributed by atoms with van der Waals surface area (Å²) in [6, 6.07) is 6.99. The van der Waals surface area contributed by atoms with Gasteiger partial charge >= 0.3 is 0 Å². The lowest BCUT2D eigenvalue weighted by Crippen LogP contribution is -2.36. The maximum absolute atomic E-state index is 12.0. The molecule has 0 aliphatic rings. The van der Waals surface area contributed by atoms with Gasteiger partial charge in [0.15, 0.2) is 0 Å². The SMILES string of the molecule is CCCC(N)C(=O)Nc1ccccc1CN(CC)C(C)=O.Cl. The van der Waals surface area contributed by atoms with Gasteiger partial charge in [-0.05, 0) is 25.0 Å². The molecule has 0 saturated heterocycles. The van der Waals surface area contributed by atoms with Crippen molar-refractivity contribution >= 4 is 29.9 Å². The van der Waals surface area contributed by atoms with E-state index in [0.717, 1.165) is 12.0 Å². The summed E-state index contributed by atoms with van der Waals surface area (Å²) >= 11 is 0. The summed E-state index contributed by atoms with van der Waals surface area (Å²) in [4.78, 5) is 25.3. The van der Waals surface area contributed by atoms with Crippen molar-refractivity contribution in [3.8, 4) is 0 Å². The third-order valence-corrected chi connectivity index (χ3v) is 3.40. The molecule has 1 unspecified atom stereocenters. The van der Waals surface area contributed by atoms with Crippen LogP contribution in [0.4, 0.5) is 5.69 Å². The molecule has 1 rings (SSSR count). The number of benzene rings is 1. The van der Waals surface area contributed by atoms with Crippen LogP contribution in [0.1, 0.15) is 39.2 Å². The standard InChI is InChI=1S/C16H25N3O2.ClH/c1-4-8-14(17)16(21)18-15-10-7-6-9-13(15)11-19(5-2)12(3)20;/h6-7,9-10,14H,4-5,8,11,17H2,1-3H3,(H,18,21);1H. The number of carbonyl (C=O) groups excluding carboxylic acids is 2. The van der Waals surface area contributed by atoms with Gasteiger partial charge in [-0.15, -0.1) is 12.4 Å². The summed E-state index contributed by atoms with van der Waals surface area (Å²) in [5, 5.41) is 2.86. The van der Waals surface area contributed by atoms with E-state index in [1.54, 1.807) is 11.8 Å². The minimum absolute atomic E-state index is 0. The highest BCUT2D eigenvalue weighted by Crippen LogP contribution is 2.18. The maximum atomic E-state index is 12.0. The van der Waals surface area contributed by atoms with Crippen LogP contribution in [0.15, 0.2) is 24.3 Å². The monoisotopic (exact) mass is 327 g/mol. The molecule has 1 aromatic carbocycles. The summed E-state index contributed by atoms with van der Waals surface area (Å²) in [6.07, 6.45) is 1.52. The van der Waals surface area contributed by atoms with Crippen molar-refractivity contribution in [3.63, 3.8) is 0 Å². The molecule has 6 heteroatoms. The molecule has 0 aromatic heterocycles. The zero-order valence-electron chi connectivity index (χ0n) is 13.5. The highest BCUT2D eigenvalue weighted by atomic mass is 35.5. The van der Waals surface area contributed by atoms with Crippen molar-refractivity contribution in [2.45, 2.75) is 46.2 Å². The number of amides is 2. The average Bonchev–Trinajstić information content (AvgIpc) is 2.46. The van der Waals surface area contributed by atoms with Crippen LogP contribution in [-0.4, -0.2) is 29.3 Å². The van der Waals surface area contributed by atoms with E-state index < -0.39 is 6.04 Å². The molecule has 0 radical (unpaired) electrons. The van der Waals surface area contributed by atoms with Gasteiger partial charge in [0, 0.05) is 25.7 Å². The first-order valence-corrected chi connectivity index (χ1v) is 7.39. The zero-order valence-corrected chi connectivity index (χ0v) is 14.3. The smallest absolute Gasteiger partial charge is 0.241 e. The lowest BCUT2D eigenvalue weighted by Gasteiger charge is -2.21. The van der Waals surface area contributed by atoms with E-state index >= 15 is 0 Å². The van der Waals surface area contributed by atoms with Gasteiger partial charge < -0.3 is 16.0 Å². The molecule has 0 bridgehead atoms. The Labute approximate surface area is 138 Å². The number of carbonyl (C=O) groups is 2. The quantitative estimate of drug-likeness (QED) is 0.808. The second kappa shape index (κ2) is 10.2. The van der Waals surface area contributed by atoms with Crippen molar-refractivity contribution in [1.82, 2.24) is 4.90 Å². The van der Waals surface area contributed by atoms with Crippen LogP contribution in [0.3, 0.4) is 0 Å². The van der Waals surface area contributed by atoms with E-state index in [9.17, 15) is 9.59 Å². The number of halogens is 1. The topological polar surface area (TPSA) is 75.4 Å². The van der Waals surface area contributed by atoms with Crippen molar-refractivity contribution < 1.29 is 9.59 Å². The van der Waals surface area contributed by atoms with Crippen LogP contribution < -0.4 is 11.1 Å². The summed E-state index contributed by atoms with van der Waals surface area (Å²) in [6.45, 7) is 6.58. The number of nitrogens with one attached hydrogen (secondary N) is 1. The van der Waals surface area contributed by atoms with E-state index in [1.165, 1.54) is 0 Å². The molecule has 124 valence electrons. The summed E-state index contributed by atoms with van der Waals surface area (Å²) in [7, 11) is 0. The Balaban J connectivity index is 0.00000441. The molecule has 0 spiro atoms. The number of anilines is 1. The first-order valence-electron chi connectivity index (χ1n) is 7.39. The van der Waals surface area contributed by atoms with E-state index in [1.807, 2.05) is 38.1 Å². The molecule has 5 nitrogen and oxygen atoms in total. The van der Waals surface area contributed by atoms with Crippen molar-refractivity contribution in [1.29, 1.82) is 0 Å². The Morgan fingerprint density at radius 1 is 1.27 bits per heavy atom. The summed E-state index contributed by atoms with van der Waals surface area (Å²) in [5.74, 6) is -0.170. The molecule has 0 aliphatic carbocycles. The highest BCUT2D eigenvalue weighted by molar-refractivity contribution is 5.95. The van der Waals surface area contributed by atoms with Crippen LogP contribution in [0.25, 0.3) is 0 Å². The Morgan fingerprint density at radius 3 is 2.45 bits per heavy atom. The normalized spacial score (nSPS) is 11.3. The Hall–Kier alpha value is -1.59. The molecule has 0 saturated carbocycles. The number of nitrogens with zero attached hydrogens (tertiary/aromatic N) is 1. The zero-order chi connectivity index (χ0) is 15.8. The Bertz CT molecular complexity index is 494. The number of hydrogen-bond acceptors (Lipinski definition) is 3. The fourth-order valence-electron chi connectivity index (χ4n) is 2.10. The lowest BCUT2D eigenvalue weighted by molar-refractivity contribution is -0.129. The number of hydrogen-bond donors (Lipinski definition) is 2. The second-order valence-corrected chi connectivity index (χ2v) is 5.07. The molecular weight excluding hydrogens is 302 g/mol. The molecule has 2 amide bonds. The minimum atomic E-state index is -0.502. The Kier molecular flexibility index (Phi) is 9.45. The first-order chi connectivity index (χ1) is 9.99. The summed E-state index contributed by atoms with van der Waals surface area (Å²) in [5.41, 5.74) is 7.45. The van der Waals surface area contributed by atoms with Gasteiger partial charge in [-0.2, -0.15) is 0 Å². The van der Waals surface area contributed by atoms with Crippen LogP contribution in [0, 0.1) is 0 Å². The van der Waals surface area contributed by atoms with Crippen molar-refractivity contribution in [2.75, 3.05) is 11.9 Å². The van der Waals surface area contributed by atoms with E-state index in [2.05, 4.69) is 5.32 Å². The fraction of sp³-hybridized carbons (Fsp3) is 0.500. The second-order valence-electron chi connectivity index (χ2n) is 5.07. The van der Waals surface area contributed by atoms with Gasteiger partial charge in [0.2, 0.25) is 11.8 Å². The van der Waals surface area contributed by atoms with Crippen LogP contribution >= 0.6 is 12.4 Å². The molecule has 0 fully saturated rings. The number of nitrogens with two attached hydrogens (primary N) is 1. The van der Waals surface area contributed by atoms with Gasteiger partial charge in [-0.1, -0.05) is 31.5 Å². The highest BCUT2D eigenvalue weighted by Gasteiger charge is 2.15. The average molecular weight is 328 g/mol. The molecule has 3 N–H and O–H groups in total. The van der Waals surface area contributed by atoms with Crippen molar-refractivity contribution in [3.05, 3.63) is 29.8 Å². The summed E-state index contributed by atoms with van der Waals surface area (Å²) < 4.78 is 0. The molecule has 1 aromatic rings. The number of para-hydroxylation sites is 1. The van der Waals surface area contributed by atoms with Crippen LogP contribution in [-0.2, 0) is 16.1 Å². The van der Waals surface area contributed by atoms with Gasteiger partial charge in [-0.25, -0.2) is 0 Å². The van der Waals surface area contributed by atoms with Crippen molar-refractivity contribution in [2.24, 2.45) is 5.73 Å². The molecular formula is C16H26ClN3O2. The van der Waals surface area contributed by atoms with Gasteiger partial charge in [0.05, 0.1) is 6.04 Å². The predicted molar refractivity (Wildman–Crippen MR) is 92.0 cm³/mol. The maximum Gasteiger partial charge on any atom is 0.241 e. The van der Waals surface area contributed by atoms with Crippen LogP contribution in [0.5, 0.6) is 0 Å². The molecule has 22 heavy (non-hydrogen) atoms. The van der Waals surface area contributed by atoms with E-state index in [-0.39, 0.29) is 24.2 Å². The minimum Gasteiger partial charge on any atom is -0.339 e. The molecule has 0 heterocycles. The third-order valence-electron chi connectivity index (χ3n) is 3.40. The molecule has 1 atom stereocenters. The van der Waals surface area contributed by atoms with Gasteiger partial charge in [0.1, 0.15) is 0 Å². The van der Waals surface area contributed by atoms with Crippen LogP contribution in [0.2, 0.25) is 0 Å². The fourth-order valence-corrected chi connectivity index (χ4v) is 2.10. The van der Waals surface area contributed by atoms with E-state index in [0.29, 0.717) is 25.2 Å². The van der Waals surface area contributed by atoms with E-state index in [4.69, 9.17) is 5.73 Å². The number of rotatable bonds is 7. The first kappa shape index (κ1) is 20.4. The van der Waals surface area contributed by atoms with Gasteiger partial charge in [0.25, 0.3) is 0 Å². The largest absolute Gasteiger partial charge is 0.339 e. The lowest BCUT2D eigenvalue weighted by atomic mass is 10.1.